The summed E-state index contributed by atoms with van der Waals surface area (Å²) in [4.78, 5) is 11.9. The van der Waals surface area contributed by atoms with Crippen LogP contribution in [0.25, 0.3) is 0 Å². The summed E-state index contributed by atoms with van der Waals surface area (Å²) >= 11 is 1.46. The number of carboxylic acid groups (broad SMARTS) is 1. The van der Waals surface area contributed by atoms with Crippen molar-refractivity contribution >= 4 is 23.6 Å². The second-order valence-electron chi connectivity index (χ2n) is 3.90. The number of aromatic carboxylic acids is 1. The van der Waals surface area contributed by atoms with Crippen LogP contribution in [0.2, 0.25) is 0 Å². The lowest BCUT2D eigenvalue weighted by Crippen LogP contribution is -1.96. The normalized spacial score (nSPS) is 10.1. The molecule has 0 aliphatic carbocycles. The van der Waals surface area contributed by atoms with Gasteiger partial charge in [0.15, 0.2) is 0 Å². The highest BCUT2D eigenvalue weighted by molar-refractivity contribution is 8.00. The van der Waals surface area contributed by atoms with Crippen molar-refractivity contribution in [1.82, 2.24) is 0 Å². The number of rotatable bonds is 4. The minimum absolute atomic E-state index is 0.282. The van der Waals surface area contributed by atoms with Crippen molar-refractivity contribution in [2.75, 3.05) is 4.72 Å². The molecule has 2 rings (SSSR count). The summed E-state index contributed by atoms with van der Waals surface area (Å²) in [7, 11) is 0. The zero-order valence-electron chi connectivity index (χ0n) is 9.88. The highest BCUT2D eigenvalue weighted by Crippen LogP contribution is 2.22. The van der Waals surface area contributed by atoms with Crippen LogP contribution in [-0.4, -0.2) is 11.1 Å². The molecule has 0 aliphatic heterocycles. The molecule has 0 saturated carbocycles. The molecule has 0 fully saturated rings. The Morgan fingerprint density at radius 2 is 1.89 bits per heavy atom. The van der Waals surface area contributed by atoms with E-state index in [0.29, 0.717) is 0 Å². The summed E-state index contributed by atoms with van der Waals surface area (Å²) in [5.74, 6) is -0.918. The van der Waals surface area contributed by atoms with E-state index >= 15 is 0 Å². The van der Waals surface area contributed by atoms with Gasteiger partial charge < -0.3 is 9.83 Å². The van der Waals surface area contributed by atoms with E-state index in [1.54, 1.807) is 18.2 Å². The number of nitrogens with one attached hydrogen (secondary N) is 1. The molecule has 0 radical (unpaired) electrons. The maximum absolute atomic E-state index is 10.8. The summed E-state index contributed by atoms with van der Waals surface area (Å²) in [5.41, 5.74) is 2.28. The van der Waals surface area contributed by atoms with Gasteiger partial charge in [-0.1, -0.05) is 23.8 Å². The SMILES string of the molecule is Cc1ccc(SNc2cccc(C(=O)O)c2)cc1. The van der Waals surface area contributed by atoms with Crippen LogP contribution in [-0.2, 0) is 0 Å². The maximum atomic E-state index is 10.8. The first-order valence-corrected chi connectivity index (χ1v) is 6.30. The zero-order valence-corrected chi connectivity index (χ0v) is 10.7. The Hall–Kier alpha value is -1.94. The highest BCUT2D eigenvalue weighted by atomic mass is 32.2. The van der Waals surface area contributed by atoms with Crippen molar-refractivity contribution in [3.8, 4) is 0 Å². The maximum Gasteiger partial charge on any atom is 0.335 e. The quantitative estimate of drug-likeness (QED) is 0.820. The first-order chi connectivity index (χ1) is 8.65. The van der Waals surface area contributed by atoms with Gasteiger partial charge in [-0.15, -0.1) is 0 Å². The molecular weight excluding hydrogens is 246 g/mol. The van der Waals surface area contributed by atoms with Crippen LogP contribution >= 0.6 is 11.9 Å². The molecule has 0 aromatic heterocycles. The van der Waals surface area contributed by atoms with Gasteiger partial charge in [0.2, 0.25) is 0 Å². The predicted molar refractivity (Wildman–Crippen MR) is 74.1 cm³/mol. The number of hydrogen-bond donors (Lipinski definition) is 2. The van der Waals surface area contributed by atoms with Crippen LogP contribution in [0, 0.1) is 6.92 Å². The average Bonchev–Trinajstić information content (AvgIpc) is 2.38. The van der Waals surface area contributed by atoms with Crippen molar-refractivity contribution < 1.29 is 9.90 Å². The van der Waals surface area contributed by atoms with Gasteiger partial charge in [0, 0.05) is 10.6 Å². The molecule has 2 aromatic rings. The lowest BCUT2D eigenvalue weighted by atomic mass is 10.2. The standard InChI is InChI=1S/C14H13NO2S/c1-10-5-7-13(8-6-10)18-15-12-4-2-3-11(9-12)14(16)17/h2-9,15H,1H3,(H,16,17). The monoisotopic (exact) mass is 259 g/mol. The van der Waals surface area contributed by atoms with Crippen LogP contribution in [0.3, 0.4) is 0 Å². The fourth-order valence-corrected chi connectivity index (χ4v) is 2.07. The fraction of sp³-hybridized carbons (Fsp3) is 0.0714. The first-order valence-electron chi connectivity index (χ1n) is 5.48. The number of carbonyl (C=O) groups is 1. The molecule has 0 aliphatic rings. The van der Waals surface area contributed by atoms with Crippen LogP contribution in [0.1, 0.15) is 15.9 Å². The first kappa shape index (κ1) is 12.5. The van der Waals surface area contributed by atoms with Crippen LogP contribution in [0.15, 0.2) is 53.4 Å². The van der Waals surface area contributed by atoms with Crippen LogP contribution < -0.4 is 4.72 Å². The summed E-state index contributed by atoms with van der Waals surface area (Å²) in [6, 6.07) is 14.9. The Kier molecular flexibility index (Phi) is 3.89. The molecule has 0 bridgehead atoms. The highest BCUT2D eigenvalue weighted by Gasteiger charge is 2.03. The number of hydrogen-bond acceptors (Lipinski definition) is 3. The lowest BCUT2D eigenvalue weighted by Gasteiger charge is -2.06. The third kappa shape index (κ3) is 3.28. The topological polar surface area (TPSA) is 49.3 Å². The summed E-state index contributed by atoms with van der Waals surface area (Å²) < 4.78 is 3.13. The Labute approximate surface area is 110 Å². The molecule has 0 amide bonds. The Balaban J connectivity index is 2.04. The number of anilines is 1. The molecular formula is C14H13NO2S. The molecule has 92 valence electrons. The smallest absolute Gasteiger partial charge is 0.335 e. The van der Waals surface area contributed by atoms with Crippen molar-refractivity contribution in [3.63, 3.8) is 0 Å². The average molecular weight is 259 g/mol. The molecule has 0 unspecified atom stereocenters. The van der Waals surface area contributed by atoms with E-state index in [1.807, 2.05) is 37.3 Å². The van der Waals surface area contributed by atoms with Gasteiger partial charge in [-0.05, 0) is 49.2 Å². The van der Waals surface area contributed by atoms with Crippen molar-refractivity contribution in [1.29, 1.82) is 0 Å². The number of carboxylic acids is 1. The molecule has 0 heterocycles. The third-order valence-electron chi connectivity index (χ3n) is 2.42. The van der Waals surface area contributed by atoms with E-state index in [9.17, 15) is 4.79 Å². The van der Waals surface area contributed by atoms with Crippen molar-refractivity contribution in [3.05, 3.63) is 59.7 Å². The molecule has 18 heavy (non-hydrogen) atoms. The Morgan fingerprint density at radius 3 is 2.56 bits per heavy atom. The molecule has 0 saturated heterocycles. The van der Waals surface area contributed by atoms with Crippen LogP contribution in [0.4, 0.5) is 5.69 Å². The van der Waals surface area contributed by atoms with E-state index in [4.69, 9.17) is 5.11 Å². The lowest BCUT2D eigenvalue weighted by molar-refractivity contribution is 0.0697. The number of aryl methyl sites for hydroxylation is 1. The van der Waals surface area contributed by atoms with Crippen molar-refractivity contribution in [2.24, 2.45) is 0 Å². The molecule has 0 spiro atoms. The molecule has 0 atom stereocenters. The minimum atomic E-state index is -0.918. The van der Waals surface area contributed by atoms with Gasteiger partial charge in [-0.2, -0.15) is 0 Å². The van der Waals surface area contributed by atoms with E-state index in [1.165, 1.54) is 17.5 Å². The summed E-state index contributed by atoms with van der Waals surface area (Å²) in [6.45, 7) is 2.04. The molecule has 4 heteroatoms. The summed E-state index contributed by atoms with van der Waals surface area (Å²) in [6.07, 6.45) is 0. The second kappa shape index (κ2) is 5.60. The van der Waals surface area contributed by atoms with E-state index in [-0.39, 0.29) is 5.56 Å². The fourth-order valence-electron chi connectivity index (χ4n) is 1.44. The van der Waals surface area contributed by atoms with Gasteiger partial charge in [0.1, 0.15) is 0 Å². The van der Waals surface area contributed by atoms with E-state index in [2.05, 4.69) is 4.72 Å². The molecule has 2 N–H and O–H groups in total. The van der Waals surface area contributed by atoms with Gasteiger partial charge in [0.25, 0.3) is 0 Å². The second-order valence-corrected chi connectivity index (χ2v) is 4.78. The van der Waals surface area contributed by atoms with Crippen LogP contribution in [0.5, 0.6) is 0 Å². The predicted octanol–water partition coefficient (Wildman–Crippen LogP) is 3.81. The molecule has 2 aromatic carbocycles. The Bertz CT molecular complexity index is 552. The summed E-state index contributed by atoms with van der Waals surface area (Å²) in [5, 5.41) is 8.89. The largest absolute Gasteiger partial charge is 0.478 e. The van der Waals surface area contributed by atoms with E-state index < -0.39 is 5.97 Å². The van der Waals surface area contributed by atoms with Gasteiger partial charge >= 0.3 is 5.97 Å². The van der Waals surface area contributed by atoms with Gasteiger partial charge in [-0.25, -0.2) is 4.79 Å². The zero-order chi connectivity index (χ0) is 13.0. The van der Waals surface area contributed by atoms with Gasteiger partial charge in [-0.3, -0.25) is 0 Å². The van der Waals surface area contributed by atoms with Gasteiger partial charge in [0.05, 0.1) is 5.56 Å². The Morgan fingerprint density at radius 1 is 1.17 bits per heavy atom. The molecule has 3 nitrogen and oxygen atoms in total. The van der Waals surface area contributed by atoms with E-state index in [0.717, 1.165) is 10.6 Å². The third-order valence-corrected chi connectivity index (χ3v) is 3.26. The van der Waals surface area contributed by atoms with Crippen molar-refractivity contribution in [2.45, 2.75) is 11.8 Å². The number of benzene rings is 2. The minimum Gasteiger partial charge on any atom is -0.478 e.